The molecule has 0 bridgehead atoms. The summed E-state index contributed by atoms with van der Waals surface area (Å²) in [7, 11) is 2.12. The predicted octanol–water partition coefficient (Wildman–Crippen LogP) is 1.58. The molecule has 1 N–H and O–H groups in total. The maximum Gasteiger partial charge on any atom is 0.0949 e. The SMILES string of the molecule is Cn1cnc2c1C(C)(C1CCC1)NCC2. The molecule has 1 saturated carbocycles. The van der Waals surface area contributed by atoms with Crippen molar-refractivity contribution in [1.29, 1.82) is 0 Å². The number of nitrogens with one attached hydrogen (secondary N) is 1. The van der Waals surface area contributed by atoms with Gasteiger partial charge in [-0.1, -0.05) is 6.42 Å². The summed E-state index contributed by atoms with van der Waals surface area (Å²) >= 11 is 0. The molecule has 15 heavy (non-hydrogen) atoms. The smallest absolute Gasteiger partial charge is 0.0949 e. The summed E-state index contributed by atoms with van der Waals surface area (Å²) in [5.74, 6) is 0.812. The van der Waals surface area contributed by atoms with Gasteiger partial charge in [-0.25, -0.2) is 4.98 Å². The van der Waals surface area contributed by atoms with Crippen LogP contribution in [0.15, 0.2) is 6.33 Å². The van der Waals surface area contributed by atoms with E-state index in [-0.39, 0.29) is 5.54 Å². The Morgan fingerprint density at radius 3 is 3.00 bits per heavy atom. The lowest BCUT2D eigenvalue weighted by atomic mass is 9.68. The van der Waals surface area contributed by atoms with Gasteiger partial charge in [0.05, 0.1) is 23.3 Å². The second kappa shape index (κ2) is 3.08. The van der Waals surface area contributed by atoms with Gasteiger partial charge in [0.2, 0.25) is 0 Å². The van der Waals surface area contributed by atoms with Gasteiger partial charge in [-0.2, -0.15) is 0 Å². The van der Waals surface area contributed by atoms with Crippen LogP contribution in [0.2, 0.25) is 0 Å². The average molecular weight is 205 g/mol. The van der Waals surface area contributed by atoms with Crippen LogP contribution in [0.1, 0.15) is 37.6 Å². The zero-order valence-electron chi connectivity index (χ0n) is 9.58. The van der Waals surface area contributed by atoms with Gasteiger partial charge in [0.15, 0.2) is 0 Å². The monoisotopic (exact) mass is 205 g/mol. The van der Waals surface area contributed by atoms with Gasteiger partial charge < -0.3 is 9.88 Å². The summed E-state index contributed by atoms with van der Waals surface area (Å²) in [4.78, 5) is 4.52. The first-order chi connectivity index (χ1) is 7.22. The fourth-order valence-corrected chi connectivity index (χ4v) is 3.18. The fraction of sp³-hybridized carbons (Fsp3) is 0.750. The van der Waals surface area contributed by atoms with Crippen LogP contribution in [-0.4, -0.2) is 16.1 Å². The van der Waals surface area contributed by atoms with Gasteiger partial charge in [-0.15, -0.1) is 0 Å². The molecule has 1 fully saturated rings. The highest BCUT2D eigenvalue weighted by atomic mass is 15.1. The number of aryl methyl sites for hydroxylation is 1. The molecule has 0 radical (unpaired) electrons. The van der Waals surface area contributed by atoms with Crippen molar-refractivity contribution in [3.63, 3.8) is 0 Å². The van der Waals surface area contributed by atoms with Crippen molar-refractivity contribution < 1.29 is 0 Å². The third-order valence-electron chi connectivity index (χ3n) is 4.28. The Kier molecular flexibility index (Phi) is 1.93. The maximum absolute atomic E-state index is 4.52. The van der Waals surface area contributed by atoms with E-state index in [4.69, 9.17) is 0 Å². The molecule has 3 rings (SSSR count). The number of hydrogen-bond acceptors (Lipinski definition) is 2. The van der Waals surface area contributed by atoms with Gasteiger partial charge in [0.1, 0.15) is 0 Å². The lowest BCUT2D eigenvalue weighted by Gasteiger charge is -2.46. The van der Waals surface area contributed by atoms with Crippen LogP contribution in [0.5, 0.6) is 0 Å². The number of hydrogen-bond donors (Lipinski definition) is 1. The molecule has 0 spiro atoms. The molecule has 1 atom stereocenters. The van der Waals surface area contributed by atoms with Crippen LogP contribution in [0.4, 0.5) is 0 Å². The first kappa shape index (κ1) is 9.40. The molecule has 3 nitrogen and oxygen atoms in total. The summed E-state index contributed by atoms with van der Waals surface area (Å²) in [5, 5.41) is 3.72. The van der Waals surface area contributed by atoms with Gasteiger partial charge in [0, 0.05) is 20.0 Å². The summed E-state index contributed by atoms with van der Waals surface area (Å²) in [5.41, 5.74) is 2.92. The molecule has 82 valence electrons. The molecule has 0 saturated heterocycles. The van der Waals surface area contributed by atoms with Crippen molar-refractivity contribution in [2.24, 2.45) is 13.0 Å². The van der Waals surface area contributed by atoms with Crippen molar-refractivity contribution in [1.82, 2.24) is 14.9 Å². The van der Waals surface area contributed by atoms with Crippen molar-refractivity contribution in [3.8, 4) is 0 Å². The average Bonchev–Trinajstić information content (AvgIpc) is 2.45. The van der Waals surface area contributed by atoms with Crippen molar-refractivity contribution in [2.45, 2.75) is 38.1 Å². The van der Waals surface area contributed by atoms with E-state index in [2.05, 4.69) is 28.8 Å². The van der Waals surface area contributed by atoms with Crippen molar-refractivity contribution in [3.05, 3.63) is 17.7 Å². The molecule has 3 heteroatoms. The topological polar surface area (TPSA) is 29.9 Å². The third kappa shape index (κ3) is 1.19. The highest BCUT2D eigenvalue weighted by Crippen LogP contribution is 2.44. The quantitative estimate of drug-likeness (QED) is 0.754. The second-order valence-electron chi connectivity index (χ2n) is 5.16. The lowest BCUT2D eigenvalue weighted by molar-refractivity contribution is 0.127. The normalized spacial score (nSPS) is 31.1. The van der Waals surface area contributed by atoms with E-state index in [1.54, 1.807) is 0 Å². The first-order valence-electron chi connectivity index (χ1n) is 5.97. The van der Waals surface area contributed by atoms with Crippen LogP contribution in [-0.2, 0) is 19.0 Å². The molecular formula is C12H19N3. The summed E-state index contributed by atoms with van der Waals surface area (Å²) in [6.45, 7) is 3.44. The van der Waals surface area contributed by atoms with Crippen molar-refractivity contribution in [2.75, 3.05) is 6.54 Å². The van der Waals surface area contributed by atoms with Crippen molar-refractivity contribution >= 4 is 0 Å². The van der Waals surface area contributed by atoms with E-state index in [1.807, 2.05) is 6.33 Å². The zero-order valence-corrected chi connectivity index (χ0v) is 9.58. The lowest BCUT2D eigenvalue weighted by Crippen LogP contribution is -2.53. The Labute approximate surface area is 90.9 Å². The summed E-state index contributed by atoms with van der Waals surface area (Å²) in [6, 6.07) is 0. The number of imidazole rings is 1. The van der Waals surface area contributed by atoms with E-state index < -0.39 is 0 Å². The Hall–Kier alpha value is -0.830. The standard InChI is InChI=1S/C12H19N3/c1-12(9-4-3-5-9)11-10(6-7-14-12)13-8-15(11)2/h8-9,14H,3-7H2,1-2H3. The highest BCUT2D eigenvalue weighted by molar-refractivity contribution is 5.27. The summed E-state index contributed by atoms with van der Waals surface area (Å²) < 4.78 is 2.21. The molecule has 1 aromatic rings. The second-order valence-corrected chi connectivity index (χ2v) is 5.16. The molecule has 0 amide bonds. The first-order valence-corrected chi connectivity index (χ1v) is 5.97. The molecule has 1 unspecified atom stereocenters. The summed E-state index contributed by atoms with van der Waals surface area (Å²) in [6.07, 6.45) is 7.18. The van der Waals surface area contributed by atoms with Crippen LogP contribution in [0, 0.1) is 5.92 Å². The molecule has 0 aromatic carbocycles. The number of aromatic nitrogens is 2. The molecule has 2 aliphatic rings. The maximum atomic E-state index is 4.52. The van der Waals surface area contributed by atoms with Crippen LogP contribution in [0.3, 0.4) is 0 Å². The minimum atomic E-state index is 0.178. The molecular weight excluding hydrogens is 186 g/mol. The Bertz CT molecular complexity index is 378. The van der Waals surface area contributed by atoms with E-state index in [0.717, 1.165) is 18.9 Å². The van der Waals surface area contributed by atoms with Gasteiger partial charge in [0.25, 0.3) is 0 Å². The van der Waals surface area contributed by atoms with E-state index in [1.165, 1.54) is 30.7 Å². The van der Waals surface area contributed by atoms with Gasteiger partial charge >= 0.3 is 0 Å². The fourth-order valence-electron chi connectivity index (χ4n) is 3.18. The number of nitrogens with zero attached hydrogens (tertiary/aromatic N) is 2. The Balaban J connectivity index is 2.06. The molecule has 1 aromatic heterocycles. The highest BCUT2D eigenvalue weighted by Gasteiger charge is 2.43. The van der Waals surface area contributed by atoms with E-state index >= 15 is 0 Å². The minimum absolute atomic E-state index is 0.178. The predicted molar refractivity (Wildman–Crippen MR) is 59.6 cm³/mol. The Morgan fingerprint density at radius 1 is 1.53 bits per heavy atom. The van der Waals surface area contributed by atoms with Crippen LogP contribution < -0.4 is 5.32 Å². The Morgan fingerprint density at radius 2 is 2.33 bits per heavy atom. The minimum Gasteiger partial charge on any atom is -0.336 e. The van der Waals surface area contributed by atoms with Gasteiger partial charge in [-0.05, 0) is 25.7 Å². The molecule has 2 heterocycles. The van der Waals surface area contributed by atoms with Crippen LogP contribution in [0.25, 0.3) is 0 Å². The third-order valence-corrected chi connectivity index (χ3v) is 4.28. The largest absolute Gasteiger partial charge is 0.336 e. The van der Waals surface area contributed by atoms with Gasteiger partial charge in [-0.3, -0.25) is 0 Å². The zero-order chi connectivity index (χ0) is 10.5. The van der Waals surface area contributed by atoms with E-state index in [9.17, 15) is 0 Å². The number of fused-ring (bicyclic) bond motifs is 1. The van der Waals surface area contributed by atoms with Crippen LogP contribution >= 0.6 is 0 Å². The molecule has 1 aliphatic heterocycles. The van der Waals surface area contributed by atoms with E-state index in [0.29, 0.717) is 0 Å². The number of rotatable bonds is 1. The molecule has 1 aliphatic carbocycles.